The molecule has 2 aromatic carbocycles. The van der Waals surface area contributed by atoms with Gasteiger partial charge < -0.3 is 21.1 Å². The molecule has 9 heteroatoms. The normalized spacial score (nSPS) is 12.1. The molecule has 3 rings (SSSR count). The average molecular weight is 405 g/mol. The second kappa shape index (κ2) is 8.36. The Kier molecular flexibility index (Phi) is 5.88. The first-order chi connectivity index (χ1) is 13.8. The number of aryl methyl sites for hydroxylation is 1. The summed E-state index contributed by atoms with van der Waals surface area (Å²) < 4.78 is 41.3. The van der Waals surface area contributed by atoms with E-state index < -0.39 is 41.9 Å². The molecule has 0 saturated carbocycles. The van der Waals surface area contributed by atoms with Crippen LogP contribution in [0.4, 0.5) is 13.2 Å². The molecule has 29 heavy (non-hydrogen) atoms. The van der Waals surface area contributed by atoms with Crippen LogP contribution in [0.15, 0.2) is 36.4 Å². The number of benzene rings is 2. The number of halogens is 3. The van der Waals surface area contributed by atoms with Gasteiger partial charge in [-0.25, -0.2) is 13.2 Å². The molecular formula is C20H18F3N3O3. The molecule has 0 aliphatic rings. The zero-order valence-corrected chi connectivity index (χ0v) is 15.1. The minimum Gasteiger partial charge on any atom is -0.394 e. The van der Waals surface area contributed by atoms with Crippen molar-refractivity contribution in [3.05, 3.63) is 59.4 Å². The number of primary amides is 1. The number of aromatic amines is 1. The Labute approximate surface area is 163 Å². The van der Waals surface area contributed by atoms with Crippen molar-refractivity contribution in [3.8, 4) is 11.3 Å². The van der Waals surface area contributed by atoms with Gasteiger partial charge in [0.15, 0.2) is 0 Å². The summed E-state index contributed by atoms with van der Waals surface area (Å²) in [5, 5.41) is 11.6. The van der Waals surface area contributed by atoms with Crippen molar-refractivity contribution < 1.29 is 27.9 Å². The molecule has 6 nitrogen and oxygen atoms in total. The molecule has 0 unspecified atom stereocenters. The van der Waals surface area contributed by atoms with Crippen LogP contribution in [-0.4, -0.2) is 34.6 Å². The van der Waals surface area contributed by atoms with Crippen LogP contribution in [0.5, 0.6) is 0 Å². The van der Waals surface area contributed by atoms with Crippen LogP contribution < -0.4 is 11.1 Å². The number of hydrogen-bond acceptors (Lipinski definition) is 3. The first kappa shape index (κ1) is 20.4. The van der Waals surface area contributed by atoms with Crippen molar-refractivity contribution in [2.45, 2.75) is 18.9 Å². The summed E-state index contributed by atoms with van der Waals surface area (Å²) in [4.78, 5) is 26.2. The molecule has 152 valence electrons. The maximum Gasteiger partial charge on any atom is 0.242 e. The number of aliphatic hydroxyl groups is 1. The smallest absolute Gasteiger partial charge is 0.242 e. The van der Waals surface area contributed by atoms with Crippen molar-refractivity contribution in [1.82, 2.24) is 10.3 Å². The van der Waals surface area contributed by atoms with Gasteiger partial charge in [-0.1, -0.05) is 0 Å². The quantitative estimate of drug-likeness (QED) is 0.484. The summed E-state index contributed by atoms with van der Waals surface area (Å²) in [6.07, 6.45) is -0.0680. The number of nitrogens with one attached hydrogen (secondary N) is 2. The van der Waals surface area contributed by atoms with Gasteiger partial charge >= 0.3 is 0 Å². The maximum atomic E-state index is 14.2. The van der Waals surface area contributed by atoms with Crippen LogP contribution in [0.2, 0.25) is 0 Å². The third kappa shape index (κ3) is 4.40. The predicted molar refractivity (Wildman–Crippen MR) is 100 cm³/mol. The second-order valence-corrected chi connectivity index (χ2v) is 6.50. The van der Waals surface area contributed by atoms with Crippen molar-refractivity contribution >= 4 is 22.7 Å². The molecule has 0 aliphatic heterocycles. The molecule has 3 aromatic rings. The second-order valence-electron chi connectivity index (χ2n) is 6.50. The van der Waals surface area contributed by atoms with Gasteiger partial charge in [-0.15, -0.1) is 0 Å². The van der Waals surface area contributed by atoms with E-state index in [4.69, 9.17) is 10.8 Å². The van der Waals surface area contributed by atoms with Gasteiger partial charge in [-0.3, -0.25) is 9.59 Å². The third-order valence-corrected chi connectivity index (χ3v) is 4.53. The number of hydrogen-bond donors (Lipinski definition) is 4. The van der Waals surface area contributed by atoms with Gasteiger partial charge in [0.05, 0.1) is 12.1 Å². The molecule has 1 aromatic heterocycles. The lowest BCUT2D eigenvalue weighted by molar-refractivity contribution is -0.128. The summed E-state index contributed by atoms with van der Waals surface area (Å²) in [5.74, 6) is -3.49. The highest BCUT2D eigenvalue weighted by Gasteiger charge is 2.20. The number of fused-ring (bicyclic) bond motifs is 1. The van der Waals surface area contributed by atoms with Gasteiger partial charge in [-0.05, 0) is 47.9 Å². The van der Waals surface area contributed by atoms with Gasteiger partial charge in [0.2, 0.25) is 11.8 Å². The number of nitrogens with two attached hydrogens (primary N) is 1. The Balaban J connectivity index is 1.96. The summed E-state index contributed by atoms with van der Waals surface area (Å²) in [6.45, 7) is -0.647. The zero-order chi connectivity index (χ0) is 21.1. The van der Waals surface area contributed by atoms with Crippen LogP contribution in [-0.2, 0) is 16.0 Å². The molecule has 5 N–H and O–H groups in total. The van der Waals surface area contributed by atoms with Crippen LogP contribution in [0.1, 0.15) is 12.0 Å². The molecule has 0 radical (unpaired) electrons. The van der Waals surface area contributed by atoms with E-state index in [0.717, 1.165) is 12.1 Å². The summed E-state index contributed by atoms with van der Waals surface area (Å²) in [6, 6.07) is 6.08. The summed E-state index contributed by atoms with van der Waals surface area (Å²) in [7, 11) is 0. The van der Waals surface area contributed by atoms with E-state index in [1.54, 1.807) is 0 Å². The fourth-order valence-electron chi connectivity index (χ4n) is 3.11. The molecule has 0 aliphatic carbocycles. The van der Waals surface area contributed by atoms with E-state index in [9.17, 15) is 22.8 Å². The van der Waals surface area contributed by atoms with Crippen molar-refractivity contribution in [2.75, 3.05) is 6.61 Å². The largest absolute Gasteiger partial charge is 0.394 e. The lowest BCUT2D eigenvalue weighted by atomic mass is 10.0. The number of rotatable bonds is 7. The number of carbonyl (C=O) groups excluding carboxylic acids is 2. The third-order valence-electron chi connectivity index (χ3n) is 4.53. The number of aliphatic hydroxyl groups excluding tert-OH is 1. The molecule has 0 bridgehead atoms. The van der Waals surface area contributed by atoms with E-state index in [1.165, 1.54) is 24.3 Å². The fourth-order valence-corrected chi connectivity index (χ4v) is 3.11. The van der Waals surface area contributed by atoms with E-state index >= 15 is 0 Å². The Morgan fingerprint density at radius 1 is 1.10 bits per heavy atom. The van der Waals surface area contributed by atoms with E-state index in [2.05, 4.69) is 10.3 Å². The van der Waals surface area contributed by atoms with Gasteiger partial charge in [0.1, 0.15) is 23.5 Å². The minimum absolute atomic E-state index is 0.0616. The standard InChI is InChI=1S/C20H18F3N3O3/c21-11-3-1-10(2-4-11)18-13(5-6-17(28)25-16(9-27)20(24)29)14-7-12(22)8-15(23)19(14)26-18/h1-4,7-8,16,26-27H,5-6,9H2,(H2,24,29)(H,25,28)/t16-/m1/s1. The highest BCUT2D eigenvalue weighted by molar-refractivity contribution is 5.92. The number of aromatic nitrogens is 1. The summed E-state index contributed by atoms with van der Waals surface area (Å²) >= 11 is 0. The topological polar surface area (TPSA) is 108 Å². The van der Waals surface area contributed by atoms with E-state index in [-0.39, 0.29) is 23.7 Å². The van der Waals surface area contributed by atoms with Crippen molar-refractivity contribution in [2.24, 2.45) is 5.73 Å². The average Bonchev–Trinajstić information content (AvgIpc) is 3.03. The molecule has 0 saturated heterocycles. The maximum absolute atomic E-state index is 14.2. The van der Waals surface area contributed by atoms with Crippen LogP contribution in [0.25, 0.3) is 22.2 Å². The van der Waals surface area contributed by atoms with Gasteiger partial charge in [-0.2, -0.15) is 0 Å². The van der Waals surface area contributed by atoms with Crippen LogP contribution in [0, 0.1) is 17.5 Å². The molecule has 2 amide bonds. The Bertz CT molecular complexity index is 1060. The first-order valence-corrected chi connectivity index (χ1v) is 8.75. The predicted octanol–water partition coefficient (Wildman–Crippen LogP) is 2.15. The first-order valence-electron chi connectivity index (χ1n) is 8.75. The highest BCUT2D eigenvalue weighted by atomic mass is 19.1. The SMILES string of the molecule is NC(=O)[C@@H](CO)NC(=O)CCc1c(-c2ccc(F)cc2)[nH]c2c(F)cc(F)cc12. The Hall–Kier alpha value is -3.33. The molecule has 1 heterocycles. The minimum atomic E-state index is -1.23. The van der Waals surface area contributed by atoms with Crippen molar-refractivity contribution in [1.29, 1.82) is 0 Å². The zero-order valence-electron chi connectivity index (χ0n) is 15.1. The molecular weight excluding hydrogens is 387 g/mol. The highest BCUT2D eigenvalue weighted by Crippen LogP contribution is 2.33. The Morgan fingerprint density at radius 3 is 2.41 bits per heavy atom. The van der Waals surface area contributed by atoms with E-state index in [1.807, 2.05) is 0 Å². The van der Waals surface area contributed by atoms with Crippen LogP contribution in [0.3, 0.4) is 0 Å². The van der Waals surface area contributed by atoms with Crippen molar-refractivity contribution in [3.63, 3.8) is 0 Å². The number of carbonyl (C=O) groups is 2. The fraction of sp³-hybridized carbons (Fsp3) is 0.200. The molecule has 0 spiro atoms. The Morgan fingerprint density at radius 2 is 1.79 bits per heavy atom. The lowest BCUT2D eigenvalue weighted by Crippen LogP contribution is -2.46. The lowest BCUT2D eigenvalue weighted by Gasteiger charge is -2.12. The number of amides is 2. The molecule has 1 atom stereocenters. The molecule has 0 fully saturated rings. The van der Waals surface area contributed by atoms with E-state index in [0.29, 0.717) is 16.8 Å². The number of H-pyrrole nitrogens is 1. The summed E-state index contributed by atoms with van der Waals surface area (Å²) in [5.41, 5.74) is 6.55. The monoisotopic (exact) mass is 405 g/mol. The van der Waals surface area contributed by atoms with Crippen LogP contribution >= 0.6 is 0 Å². The van der Waals surface area contributed by atoms with Gasteiger partial charge in [0, 0.05) is 23.6 Å². The van der Waals surface area contributed by atoms with Gasteiger partial charge in [0.25, 0.3) is 0 Å².